The summed E-state index contributed by atoms with van der Waals surface area (Å²) in [4.78, 5) is 0. The SMILES string of the molecule is CC(O)CC(C)NC1CCCSC1C. The molecule has 0 aromatic heterocycles. The van der Waals surface area contributed by atoms with Gasteiger partial charge in [0.1, 0.15) is 0 Å². The summed E-state index contributed by atoms with van der Waals surface area (Å²) in [6.07, 6.45) is 3.28. The van der Waals surface area contributed by atoms with E-state index in [-0.39, 0.29) is 6.10 Å². The smallest absolute Gasteiger partial charge is 0.0526 e. The highest BCUT2D eigenvalue weighted by Crippen LogP contribution is 2.25. The molecule has 1 aliphatic heterocycles. The number of hydrogen-bond acceptors (Lipinski definition) is 3. The van der Waals surface area contributed by atoms with E-state index in [1.54, 1.807) is 0 Å². The molecule has 0 spiro atoms. The number of rotatable bonds is 4. The molecule has 3 heteroatoms. The van der Waals surface area contributed by atoms with Gasteiger partial charge in [0, 0.05) is 17.3 Å². The zero-order chi connectivity index (χ0) is 10.6. The highest BCUT2D eigenvalue weighted by Gasteiger charge is 2.23. The third-order valence-corrected chi connectivity index (χ3v) is 4.18. The summed E-state index contributed by atoms with van der Waals surface area (Å²) in [7, 11) is 0. The summed E-state index contributed by atoms with van der Waals surface area (Å²) in [5, 5.41) is 13.6. The van der Waals surface area contributed by atoms with Gasteiger partial charge in [0.25, 0.3) is 0 Å². The molecule has 0 bridgehead atoms. The van der Waals surface area contributed by atoms with Crippen LogP contribution in [0.15, 0.2) is 0 Å². The van der Waals surface area contributed by atoms with Crippen molar-refractivity contribution in [1.29, 1.82) is 0 Å². The zero-order valence-electron chi connectivity index (χ0n) is 9.49. The van der Waals surface area contributed by atoms with E-state index in [2.05, 4.69) is 30.9 Å². The fourth-order valence-corrected chi connectivity index (χ4v) is 3.24. The molecule has 4 atom stereocenters. The molecule has 1 rings (SSSR count). The van der Waals surface area contributed by atoms with Crippen LogP contribution < -0.4 is 5.32 Å². The van der Waals surface area contributed by atoms with Crippen molar-refractivity contribution in [3.8, 4) is 0 Å². The Kier molecular flexibility index (Phi) is 5.28. The molecule has 1 aliphatic rings. The number of aliphatic hydroxyl groups excluding tert-OH is 1. The third-order valence-electron chi connectivity index (χ3n) is 2.80. The molecule has 0 radical (unpaired) electrons. The van der Waals surface area contributed by atoms with Gasteiger partial charge in [-0.3, -0.25) is 0 Å². The van der Waals surface area contributed by atoms with Crippen LogP contribution in [0.25, 0.3) is 0 Å². The van der Waals surface area contributed by atoms with Gasteiger partial charge < -0.3 is 10.4 Å². The van der Waals surface area contributed by atoms with Gasteiger partial charge in [0.2, 0.25) is 0 Å². The Labute approximate surface area is 91.9 Å². The average molecular weight is 217 g/mol. The standard InChI is InChI=1S/C11H23NOS/c1-8(7-9(2)13)12-11-5-4-6-14-10(11)3/h8-13H,4-7H2,1-3H3. The third kappa shape index (κ3) is 4.20. The molecule has 84 valence electrons. The van der Waals surface area contributed by atoms with Gasteiger partial charge in [-0.15, -0.1) is 0 Å². The van der Waals surface area contributed by atoms with E-state index in [0.29, 0.717) is 12.1 Å². The van der Waals surface area contributed by atoms with Crippen LogP contribution in [0.3, 0.4) is 0 Å². The van der Waals surface area contributed by atoms with Crippen molar-refractivity contribution in [3.05, 3.63) is 0 Å². The molecule has 1 heterocycles. The minimum absolute atomic E-state index is 0.191. The number of nitrogens with one attached hydrogen (secondary N) is 1. The van der Waals surface area contributed by atoms with Crippen molar-refractivity contribution in [1.82, 2.24) is 5.32 Å². The van der Waals surface area contributed by atoms with Crippen LogP contribution in [0.4, 0.5) is 0 Å². The van der Waals surface area contributed by atoms with Crippen molar-refractivity contribution in [3.63, 3.8) is 0 Å². The van der Waals surface area contributed by atoms with E-state index in [9.17, 15) is 5.11 Å². The first kappa shape index (κ1) is 12.3. The quantitative estimate of drug-likeness (QED) is 0.755. The first-order valence-electron chi connectivity index (χ1n) is 5.65. The number of thioether (sulfide) groups is 1. The monoisotopic (exact) mass is 217 g/mol. The average Bonchev–Trinajstić information content (AvgIpc) is 2.07. The van der Waals surface area contributed by atoms with Gasteiger partial charge in [-0.2, -0.15) is 11.8 Å². The van der Waals surface area contributed by atoms with Crippen LogP contribution >= 0.6 is 11.8 Å². The number of aliphatic hydroxyl groups is 1. The second-order valence-corrected chi connectivity index (χ2v) is 5.96. The Balaban J connectivity index is 2.27. The second kappa shape index (κ2) is 5.99. The van der Waals surface area contributed by atoms with Crippen LogP contribution in [0.5, 0.6) is 0 Å². The van der Waals surface area contributed by atoms with E-state index in [1.807, 2.05) is 6.92 Å². The maximum atomic E-state index is 9.27. The predicted octanol–water partition coefficient (Wildman–Crippen LogP) is 2.02. The molecule has 0 aromatic carbocycles. The van der Waals surface area contributed by atoms with Gasteiger partial charge in [-0.1, -0.05) is 6.92 Å². The Hall–Kier alpha value is 0.270. The molecule has 0 aliphatic carbocycles. The van der Waals surface area contributed by atoms with Crippen LogP contribution in [0.1, 0.15) is 40.0 Å². The van der Waals surface area contributed by atoms with Crippen molar-refractivity contribution in [2.75, 3.05) is 5.75 Å². The van der Waals surface area contributed by atoms with E-state index < -0.39 is 0 Å². The van der Waals surface area contributed by atoms with Crippen molar-refractivity contribution in [2.24, 2.45) is 0 Å². The number of hydrogen-bond donors (Lipinski definition) is 2. The second-order valence-electron chi connectivity index (χ2n) is 4.48. The lowest BCUT2D eigenvalue weighted by molar-refractivity contribution is 0.167. The minimum atomic E-state index is -0.191. The summed E-state index contributed by atoms with van der Waals surface area (Å²) < 4.78 is 0. The lowest BCUT2D eigenvalue weighted by atomic mass is 10.1. The van der Waals surface area contributed by atoms with E-state index >= 15 is 0 Å². The highest BCUT2D eigenvalue weighted by atomic mass is 32.2. The summed E-state index contributed by atoms with van der Waals surface area (Å²) in [5.74, 6) is 1.31. The molecule has 1 saturated heterocycles. The van der Waals surface area contributed by atoms with Crippen LogP contribution in [-0.4, -0.2) is 34.3 Å². The maximum absolute atomic E-state index is 9.27. The first-order chi connectivity index (χ1) is 6.59. The van der Waals surface area contributed by atoms with Gasteiger partial charge in [-0.25, -0.2) is 0 Å². The minimum Gasteiger partial charge on any atom is -0.393 e. The van der Waals surface area contributed by atoms with Crippen molar-refractivity contribution >= 4 is 11.8 Å². The van der Waals surface area contributed by atoms with Gasteiger partial charge in [-0.05, 0) is 38.9 Å². The van der Waals surface area contributed by atoms with Crippen molar-refractivity contribution in [2.45, 2.75) is 63.5 Å². The lowest BCUT2D eigenvalue weighted by Crippen LogP contribution is -2.44. The van der Waals surface area contributed by atoms with Crippen LogP contribution in [-0.2, 0) is 0 Å². The topological polar surface area (TPSA) is 32.3 Å². The largest absolute Gasteiger partial charge is 0.393 e. The Morgan fingerprint density at radius 3 is 2.79 bits per heavy atom. The molecule has 1 fully saturated rings. The molecule has 2 N–H and O–H groups in total. The van der Waals surface area contributed by atoms with E-state index in [4.69, 9.17) is 0 Å². The van der Waals surface area contributed by atoms with Gasteiger partial charge in [0.15, 0.2) is 0 Å². The van der Waals surface area contributed by atoms with E-state index in [0.717, 1.165) is 11.7 Å². The summed E-state index contributed by atoms with van der Waals surface area (Å²) >= 11 is 2.06. The Bertz CT molecular complexity index is 163. The normalized spacial score (nSPS) is 32.6. The molecular weight excluding hydrogens is 194 g/mol. The van der Waals surface area contributed by atoms with Crippen molar-refractivity contribution < 1.29 is 5.11 Å². The Morgan fingerprint density at radius 1 is 1.50 bits per heavy atom. The first-order valence-corrected chi connectivity index (χ1v) is 6.70. The molecular formula is C11H23NOS. The molecule has 0 aromatic rings. The summed E-state index contributed by atoms with van der Waals surface area (Å²) in [6, 6.07) is 1.07. The predicted molar refractivity (Wildman–Crippen MR) is 63.8 cm³/mol. The fraction of sp³-hybridized carbons (Fsp3) is 1.00. The molecule has 4 unspecified atom stereocenters. The molecule has 0 amide bonds. The summed E-state index contributed by atoms with van der Waals surface area (Å²) in [6.45, 7) is 6.33. The van der Waals surface area contributed by atoms with E-state index in [1.165, 1.54) is 18.6 Å². The zero-order valence-corrected chi connectivity index (χ0v) is 10.3. The molecule has 14 heavy (non-hydrogen) atoms. The lowest BCUT2D eigenvalue weighted by Gasteiger charge is -2.32. The molecule has 2 nitrogen and oxygen atoms in total. The fourth-order valence-electron chi connectivity index (χ4n) is 2.09. The van der Waals surface area contributed by atoms with Gasteiger partial charge in [0.05, 0.1) is 6.10 Å². The highest BCUT2D eigenvalue weighted by molar-refractivity contribution is 7.99. The van der Waals surface area contributed by atoms with Crippen LogP contribution in [0, 0.1) is 0 Å². The maximum Gasteiger partial charge on any atom is 0.0526 e. The van der Waals surface area contributed by atoms with Crippen LogP contribution in [0.2, 0.25) is 0 Å². The molecule has 0 saturated carbocycles. The van der Waals surface area contributed by atoms with Gasteiger partial charge >= 0.3 is 0 Å². The summed E-state index contributed by atoms with van der Waals surface area (Å²) in [5.41, 5.74) is 0. The Morgan fingerprint density at radius 2 is 2.21 bits per heavy atom.